The minimum Gasteiger partial charge on any atom is -0.438 e. The van der Waals surface area contributed by atoms with Gasteiger partial charge in [0.15, 0.2) is 0 Å². The highest BCUT2D eigenvalue weighted by Crippen LogP contribution is 2.24. The minimum atomic E-state index is -0.494. The number of ether oxygens (including phenoxy) is 1. The van der Waals surface area contributed by atoms with Crippen LogP contribution in [0.15, 0.2) is 42.6 Å². The number of hydrogen-bond acceptors (Lipinski definition) is 5. The molecule has 1 heterocycles. The van der Waals surface area contributed by atoms with E-state index in [9.17, 15) is 10.1 Å². The lowest BCUT2D eigenvalue weighted by Gasteiger charge is -2.08. The highest BCUT2D eigenvalue weighted by molar-refractivity contribution is 5.97. The van der Waals surface area contributed by atoms with E-state index in [1.165, 1.54) is 30.5 Å². The highest BCUT2D eigenvalue weighted by atomic mass is 16.6. The van der Waals surface area contributed by atoms with Crippen LogP contribution >= 0.6 is 0 Å². The van der Waals surface area contributed by atoms with Crippen LogP contribution in [0.5, 0.6) is 11.6 Å². The first-order valence-corrected chi connectivity index (χ1v) is 5.29. The van der Waals surface area contributed by atoms with Gasteiger partial charge in [0.2, 0.25) is 5.88 Å². The first kappa shape index (κ1) is 12.5. The van der Waals surface area contributed by atoms with Crippen LogP contribution in [0.25, 0.3) is 0 Å². The molecule has 7 heteroatoms. The summed E-state index contributed by atoms with van der Waals surface area (Å²) in [7, 11) is 0. The summed E-state index contributed by atoms with van der Waals surface area (Å²) < 4.78 is 5.45. The maximum atomic E-state index is 10.5. The van der Waals surface area contributed by atoms with E-state index in [0.29, 0.717) is 11.3 Å². The van der Waals surface area contributed by atoms with Crippen molar-refractivity contribution in [2.75, 3.05) is 0 Å². The monoisotopic (exact) mass is 258 g/mol. The smallest absolute Gasteiger partial charge is 0.269 e. The molecule has 1 aromatic heterocycles. The predicted octanol–water partition coefficient (Wildman–Crippen LogP) is 2.07. The van der Waals surface area contributed by atoms with Crippen LogP contribution in [-0.2, 0) is 0 Å². The number of hydrogen-bond donors (Lipinski definition) is 2. The average molecular weight is 258 g/mol. The number of nitro benzene ring substituents is 1. The van der Waals surface area contributed by atoms with Gasteiger partial charge in [-0.15, -0.1) is 0 Å². The normalized spacial score (nSPS) is 9.89. The van der Waals surface area contributed by atoms with E-state index in [4.69, 9.17) is 15.9 Å². The Balaban J connectivity index is 2.26. The summed E-state index contributed by atoms with van der Waals surface area (Å²) in [6.45, 7) is 0. The molecule has 0 bridgehead atoms. The molecule has 2 rings (SSSR count). The molecule has 3 N–H and O–H groups in total. The molecule has 0 unspecified atom stereocenters. The van der Waals surface area contributed by atoms with E-state index < -0.39 is 4.92 Å². The number of benzene rings is 1. The van der Waals surface area contributed by atoms with Crippen LogP contribution in [0, 0.1) is 15.5 Å². The van der Waals surface area contributed by atoms with Crippen LogP contribution in [0.1, 0.15) is 5.56 Å². The molecule has 0 aliphatic carbocycles. The Hall–Kier alpha value is -2.96. The van der Waals surface area contributed by atoms with Crippen molar-refractivity contribution >= 4 is 11.5 Å². The molecule has 0 radical (unpaired) electrons. The molecule has 0 aliphatic rings. The molecule has 2 aromatic rings. The van der Waals surface area contributed by atoms with Crippen molar-refractivity contribution < 1.29 is 9.66 Å². The van der Waals surface area contributed by atoms with Gasteiger partial charge < -0.3 is 10.5 Å². The minimum absolute atomic E-state index is 0.0276. The predicted molar refractivity (Wildman–Crippen MR) is 68.4 cm³/mol. The fourth-order valence-corrected chi connectivity index (χ4v) is 1.42. The van der Waals surface area contributed by atoms with E-state index in [1.807, 2.05) is 0 Å². The highest BCUT2D eigenvalue weighted by Gasteiger charge is 2.10. The van der Waals surface area contributed by atoms with Crippen molar-refractivity contribution in [3.63, 3.8) is 0 Å². The van der Waals surface area contributed by atoms with Gasteiger partial charge >= 0.3 is 0 Å². The van der Waals surface area contributed by atoms with E-state index in [1.54, 1.807) is 12.1 Å². The molecule has 1 aromatic carbocycles. The molecule has 7 nitrogen and oxygen atoms in total. The Morgan fingerprint density at radius 3 is 2.58 bits per heavy atom. The van der Waals surface area contributed by atoms with Gasteiger partial charge in [-0.2, -0.15) is 0 Å². The SMILES string of the molecule is N=C(N)c1cccnc1Oc1ccc([N+](=O)[O-])cc1. The van der Waals surface area contributed by atoms with E-state index in [2.05, 4.69) is 4.98 Å². The fraction of sp³-hybridized carbons (Fsp3) is 0. The molecule has 0 atom stereocenters. The summed E-state index contributed by atoms with van der Waals surface area (Å²) in [5, 5.41) is 17.9. The summed E-state index contributed by atoms with van der Waals surface area (Å²) in [5.74, 6) is 0.403. The van der Waals surface area contributed by atoms with Gasteiger partial charge in [0.25, 0.3) is 5.69 Å². The third kappa shape index (κ3) is 2.83. The molecular formula is C12H10N4O3. The van der Waals surface area contributed by atoms with Gasteiger partial charge in [0, 0.05) is 18.3 Å². The molecule has 0 saturated heterocycles. The number of nitrogens with two attached hydrogens (primary N) is 1. The van der Waals surface area contributed by atoms with Gasteiger partial charge in [-0.3, -0.25) is 15.5 Å². The van der Waals surface area contributed by atoms with E-state index in [0.717, 1.165) is 0 Å². The standard InChI is InChI=1S/C12H10N4O3/c13-11(14)10-2-1-7-15-12(10)19-9-5-3-8(4-6-9)16(17)18/h1-7H,(H3,13,14). The lowest BCUT2D eigenvalue weighted by Crippen LogP contribution is -2.12. The number of aromatic nitrogens is 1. The van der Waals surface area contributed by atoms with Gasteiger partial charge in [-0.05, 0) is 24.3 Å². The molecule has 0 aliphatic heterocycles. The van der Waals surface area contributed by atoms with Crippen molar-refractivity contribution in [1.82, 2.24) is 4.98 Å². The number of nitrogens with one attached hydrogen (secondary N) is 1. The van der Waals surface area contributed by atoms with Crippen LogP contribution in [-0.4, -0.2) is 15.7 Å². The average Bonchev–Trinajstić information content (AvgIpc) is 2.39. The van der Waals surface area contributed by atoms with Gasteiger partial charge in [-0.25, -0.2) is 4.98 Å². The zero-order valence-electron chi connectivity index (χ0n) is 9.74. The number of non-ortho nitro benzene ring substituents is 1. The lowest BCUT2D eigenvalue weighted by molar-refractivity contribution is -0.384. The zero-order chi connectivity index (χ0) is 13.8. The second kappa shape index (κ2) is 5.13. The third-order valence-electron chi connectivity index (χ3n) is 2.32. The number of amidine groups is 1. The molecule has 19 heavy (non-hydrogen) atoms. The summed E-state index contributed by atoms with van der Waals surface area (Å²) in [6.07, 6.45) is 1.51. The number of rotatable bonds is 4. The van der Waals surface area contributed by atoms with Gasteiger partial charge in [0.05, 0.1) is 10.5 Å². The summed E-state index contributed by atoms with van der Waals surface area (Å²) in [5.41, 5.74) is 5.74. The lowest BCUT2D eigenvalue weighted by atomic mass is 10.2. The summed E-state index contributed by atoms with van der Waals surface area (Å²) in [6, 6.07) is 8.81. The van der Waals surface area contributed by atoms with E-state index >= 15 is 0 Å². The molecule has 96 valence electrons. The number of nitro groups is 1. The molecule has 0 saturated carbocycles. The number of pyridine rings is 1. The number of nitrogens with zero attached hydrogens (tertiary/aromatic N) is 2. The Morgan fingerprint density at radius 1 is 1.32 bits per heavy atom. The topological polar surface area (TPSA) is 115 Å². The van der Waals surface area contributed by atoms with E-state index in [-0.39, 0.29) is 17.4 Å². The summed E-state index contributed by atoms with van der Waals surface area (Å²) >= 11 is 0. The van der Waals surface area contributed by atoms with Crippen molar-refractivity contribution in [3.05, 3.63) is 58.3 Å². The molecular weight excluding hydrogens is 248 g/mol. The van der Waals surface area contributed by atoms with Crippen LogP contribution in [0.3, 0.4) is 0 Å². The Labute approximate surface area is 108 Å². The molecule has 0 fully saturated rings. The molecule has 0 amide bonds. The Bertz CT molecular complexity index is 625. The zero-order valence-corrected chi connectivity index (χ0v) is 9.74. The van der Waals surface area contributed by atoms with Gasteiger partial charge in [0.1, 0.15) is 11.6 Å². The first-order chi connectivity index (χ1) is 9.08. The second-order valence-corrected chi connectivity index (χ2v) is 3.62. The van der Waals surface area contributed by atoms with Crippen molar-refractivity contribution in [3.8, 4) is 11.6 Å². The fourth-order valence-electron chi connectivity index (χ4n) is 1.42. The van der Waals surface area contributed by atoms with Crippen molar-refractivity contribution in [2.45, 2.75) is 0 Å². The van der Waals surface area contributed by atoms with Crippen LogP contribution < -0.4 is 10.5 Å². The van der Waals surface area contributed by atoms with Crippen LogP contribution in [0.2, 0.25) is 0 Å². The van der Waals surface area contributed by atoms with Crippen molar-refractivity contribution in [2.24, 2.45) is 5.73 Å². The third-order valence-corrected chi connectivity index (χ3v) is 2.32. The van der Waals surface area contributed by atoms with Gasteiger partial charge in [-0.1, -0.05) is 0 Å². The molecule has 0 spiro atoms. The second-order valence-electron chi connectivity index (χ2n) is 3.62. The maximum absolute atomic E-state index is 10.5. The maximum Gasteiger partial charge on any atom is 0.269 e. The summed E-state index contributed by atoms with van der Waals surface area (Å²) in [4.78, 5) is 14.0. The first-order valence-electron chi connectivity index (χ1n) is 5.29. The Kier molecular flexibility index (Phi) is 3.37. The largest absolute Gasteiger partial charge is 0.438 e. The Morgan fingerprint density at radius 2 is 2.00 bits per heavy atom. The number of nitrogen functional groups attached to an aromatic ring is 1. The van der Waals surface area contributed by atoms with Crippen LogP contribution in [0.4, 0.5) is 5.69 Å². The van der Waals surface area contributed by atoms with Crippen molar-refractivity contribution in [1.29, 1.82) is 5.41 Å². The quantitative estimate of drug-likeness (QED) is 0.377.